The van der Waals surface area contributed by atoms with Gasteiger partial charge < -0.3 is 9.84 Å². The van der Waals surface area contributed by atoms with Crippen LogP contribution in [0.2, 0.25) is 0 Å². The van der Waals surface area contributed by atoms with Crippen molar-refractivity contribution in [3.8, 4) is 5.75 Å². The summed E-state index contributed by atoms with van der Waals surface area (Å²) >= 11 is 0. The molecule has 2 aromatic rings. The number of benzene rings is 2. The summed E-state index contributed by atoms with van der Waals surface area (Å²) in [6.07, 6.45) is 0.758. The van der Waals surface area contributed by atoms with E-state index in [1.54, 1.807) is 0 Å². The van der Waals surface area contributed by atoms with Crippen LogP contribution >= 0.6 is 0 Å². The van der Waals surface area contributed by atoms with Crippen LogP contribution in [0.15, 0.2) is 54.6 Å². The van der Waals surface area contributed by atoms with Crippen molar-refractivity contribution in [2.24, 2.45) is 0 Å². The zero-order valence-electron chi connectivity index (χ0n) is 11.5. The maximum absolute atomic E-state index is 11.6. The lowest BCUT2D eigenvalue weighted by molar-refractivity contribution is -0.140. The van der Waals surface area contributed by atoms with Crippen molar-refractivity contribution in [1.29, 1.82) is 0 Å². The largest absolute Gasteiger partial charge is 0.493 e. The Morgan fingerprint density at radius 2 is 1.86 bits per heavy atom. The van der Waals surface area contributed by atoms with Crippen LogP contribution < -0.4 is 10.1 Å². The first-order valence-corrected chi connectivity index (χ1v) is 7.01. The second-order valence-electron chi connectivity index (χ2n) is 5.08. The van der Waals surface area contributed by atoms with E-state index in [1.165, 1.54) is 0 Å². The number of aliphatic carboxylic acids is 1. The first kappa shape index (κ1) is 13.6. The van der Waals surface area contributed by atoms with Crippen LogP contribution in [-0.2, 0) is 4.79 Å². The van der Waals surface area contributed by atoms with Gasteiger partial charge in [-0.2, -0.15) is 0 Å². The minimum atomic E-state index is -0.870. The summed E-state index contributed by atoms with van der Waals surface area (Å²) in [4.78, 5) is 11.6. The zero-order valence-corrected chi connectivity index (χ0v) is 11.5. The van der Waals surface area contributed by atoms with Gasteiger partial charge in [0.2, 0.25) is 0 Å². The molecule has 21 heavy (non-hydrogen) atoms. The van der Waals surface area contributed by atoms with Crippen molar-refractivity contribution in [2.75, 3.05) is 6.61 Å². The Balaban J connectivity index is 1.86. The lowest BCUT2D eigenvalue weighted by atomic mass is 9.98. The summed E-state index contributed by atoms with van der Waals surface area (Å²) in [5, 5.41) is 12.8. The van der Waals surface area contributed by atoms with Gasteiger partial charge in [-0.25, -0.2) is 0 Å². The molecule has 0 spiro atoms. The highest BCUT2D eigenvalue weighted by Gasteiger charge is 2.27. The van der Waals surface area contributed by atoms with E-state index in [9.17, 15) is 9.90 Å². The molecule has 4 nitrogen and oxygen atoms in total. The molecule has 0 radical (unpaired) electrons. The van der Waals surface area contributed by atoms with E-state index in [2.05, 4.69) is 5.32 Å². The van der Waals surface area contributed by atoms with Gasteiger partial charge in [0.1, 0.15) is 11.8 Å². The maximum Gasteiger partial charge on any atom is 0.325 e. The van der Waals surface area contributed by atoms with Crippen molar-refractivity contribution < 1.29 is 14.6 Å². The molecule has 2 atom stereocenters. The smallest absolute Gasteiger partial charge is 0.325 e. The summed E-state index contributed by atoms with van der Waals surface area (Å²) < 4.78 is 5.61. The standard InChI is InChI=1S/C17H17NO3/c19-17(20)16(12-6-2-1-3-7-12)18-14-10-11-21-15-9-5-4-8-13(14)15/h1-9,14,16,18H,10-11H2,(H,19,20). The Morgan fingerprint density at radius 3 is 2.62 bits per heavy atom. The molecule has 0 amide bonds. The Morgan fingerprint density at radius 1 is 1.14 bits per heavy atom. The van der Waals surface area contributed by atoms with E-state index in [-0.39, 0.29) is 6.04 Å². The summed E-state index contributed by atoms with van der Waals surface area (Å²) in [7, 11) is 0. The van der Waals surface area contributed by atoms with Gasteiger partial charge in [-0.15, -0.1) is 0 Å². The molecular weight excluding hydrogens is 266 g/mol. The summed E-state index contributed by atoms with van der Waals surface area (Å²) in [6.45, 7) is 0.593. The van der Waals surface area contributed by atoms with Gasteiger partial charge in [0.25, 0.3) is 0 Å². The lowest BCUT2D eigenvalue weighted by Crippen LogP contribution is -2.34. The molecular formula is C17H17NO3. The highest BCUT2D eigenvalue weighted by Crippen LogP contribution is 2.33. The molecule has 0 aliphatic carbocycles. The van der Waals surface area contributed by atoms with Crippen LogP contribution in [0.4, 0.5) is 0 Å². The number of rotatable bonds is 4. The Kier molecular flexibility index (Phi) is 3.88. The minimum Gasteiger partial charge on any atom is -0.493 e. The molecule has 1 heterocycles. The van der Waals surface area contributed by atoms with Gasteiger partial charge in [0.05, 0.1) is 6.61 Å². The molecule has 1 aliphatic heterocycles. The number of hydrogen-bond acceptors (Lipinski definition) is 3. The van der Waals surface area contributed by atoms with Crippen LogP contribution in [0.25, 0.3) is 0 Å². The first-order chi connectivity index (χ1) is 10.3. The predicted octanol–water partition coefficient (Wildman–Crippen LogP) is 2.93. The maximum atomic E-state index is 11.6. The Labute approximate surface area is 123 Å². The number of ether oxygens (including phenoxy) is 1. The molecule has 2 N–H and O–H groups in total. The van der Waals surface area contributed by atoms with Crippen molar-refractivity contribution >= 4 is 5.97 Å². The lowest BCUT2D eigenvalue weighted by Gasteiger charge is -2.29. The molecule has 0 saturated heterocycles. The quantitative estimate of drug-likeness (QED) is 0.905. The molecule has 2 aromatic carbocycles. The Bertz CT molecular complexity index is 627. The summed E-state index contributed by atoms with van der Waals surface area (Å²) in [6, 6.07) is 16.3. The first-order valence-electron chi connectivity index (χ1n) is 7.01. The number of para-hydroxylation sites is 1. The van der Waals surface area contributed by atoms with Gasteiger partial charge in [-0.05, 0) is 11.6 Å². The zero-order chi connectivity index (χ0) is 14.7. The third-order valence-corrected chi connectivity index (χ3v) is 3.71. The highest BCUT2D eigenvalue weighted by atomic mass is 16.5. The van der Waals surface area contributed by atoms with E-state index in [0.717, 1.165) is 23.3 Å². The highest BCUT2D eigenvalue weighted by molar-refractivity contribution is 5.75. The molecule has 0 saturated carbocycles. The fourth-order valence-electron chi connectivity index (χ4n) is 2.67. The third kappa shape index (κ3) is 2.90. The number of carboxylic acid groups (broad SMARTS) is 1. The van der Waals surface area contributed by atoms with E-state index < -0.39 is 12.0 Å². The fourth-order valence-corrected chi connectivity index (χ4v) is 2.67. The second-order valence-corrected chi connectivity index (χ2v) is 5.08. The molecule has 0 aromatic heterocycles. The molecule has 1 aliphatic rings. The monoisotopic (exact) mass is 283 g/mol. The van der Waals surface area contributed by atoms with Crippen LogP contribution in [-0.4, -0.2) is 17.7 Å². The van der Waals surface area contributed by atoms with Crippen LogP contribution in [0.3, 0.4) is 0 Å². The van der Waals surface area contributed by atoms with Gasteiger partial charge in [-0.3, -0.25) is 10.1 Å². The van der Waals surface area contributed by atoms with E-state index in [0.29, 0.717) is 6.61 Å². The molecule has 108 valence electrons. The minimum absolute atomic E-state index is 0.0174. The van der Waals surface area contributed by atoms with Gasteiger partial charge in [-0.1, -0.05) is 48.5 Å². The molecule has 4 heteroatoms. The van der Waals surface area contributed by atoms with Gasteiger partial charge >= 0.3 is 5.97 Å². The van der Waals surface area contributed by atoms with Crippen LogP contribution in [0.5, 0.6) is 5.75 Å². The van der Waals surface area contributed by atoms with E-state index in [4.69, 9.17) is 4.74 Å². The van der Waals surface area contributed by atoms with Crippen molar-refractivity contribution in [3.05, 3.63) is 65.7 Å². The number of carboxylic acids is 1. The predicted molar refractivity (Wildman–Crippen MR) is 79.2 cm³/mol. The topological polar surface area (TPSA) is 58.6 Å². The number of carbonyl (C=O) groups is 1. The van der Waals surface area contributed by atoms with Crippen molar-refractivity contribution in [3.63, 3.8) is 0 Å². The summed E-state index contributed by atoms with van der Waals surface area (Å²) in [5.41, 5.74) is 1.78. The molecule has 2 unspecified atom stereocenters. The number of fused-ring (bicyclic) bond motifs is 1. The molecule has 0 fully saturated rings. The van der Waals surface area contributed by atoms with E-state index >= 15 is 0 Å². The van der Waals surface area contributed by atoms with Crippen molar-refractivity contribution in [1.82, 2.24) is 5.32 Å². The van der Waals surface area contributed by atoms with Gasteiger partial charge in [0.15, 0.2) is 0 Å². The average molecular weight is 283 g/mol. The summed E-state index contributed by atoms with van der Waals surface area (Å²) in [5.74, 6) is -0.0383. The van der Waals surface area contributed by atoms with Crippen LogP contribution in [0.1, 0.15) is 29.6 Å². The normalized spacial score (nSPS) is 18.4. The Hall–Kier alpha value is -2.33. The molecule has 0 bridgehead atoms. The van der Waals surface area contributed by atoms with Crippen molar-refractivity contribution in [2.45, 2.75) is 18.5 Å². The average Bonchev–Trinajstić information content (AvgIpc) is 2.53. The number of hydrogen-bond donors (Lipinski definition) is 2. The van der Waals surface area contributed by atoms with Crippen LogP contribution in [0, 0.1) is 0 Å². The van der Waals surface area contributed by atoms with E-state index in [1.807, 2.05) is 54.6 Å². The second kappa shape index (κ2) is 5.97. The third-order valence-electron chi connectivity index (χ3n) is 3.71. The SMILES string of the molecule is O=C(O)C(NC1CCOc2ccccc21)c1ccccc1. The van der Waals surface area contributed by atoms with Gasteiger partial charge in [0, 0.05) is 18.0 Å². The molecule has 3 rings (SSSR count). The fraction of sp³-hybridized carbons (Fsp3) is 0.235. The number of nitrogens with one attached hydrogen (secondary N) is 1.